The molecular formula is C16H24N2O3. The maximum Gasteiger partial charge on any atom is 0.335 e. The molecule has 2 heterocycles. The maximum atomic E-state index is 11.3. The van der Waals surface area contributed by atoms with Gasteiger partial charge in [-0.1, -0.05) is 13.3 Å². The summed E-state index contributed by atoms with van der Waals surface area (Å²) in [5.41, 5.74) is 1.16. The molecule has 5 nitrogen and oxygen atoms in total. The number of hydrogen-bond donors (Lipinski definition) is 1. The number of anilines is 1. The first-order chi connectivity index (χ1) is 10.1. The van der Waals surface area contributed by atoms with Crippen molar-refractivity contribution in [3.63, 3.8) is 0 Å². The van der Waals surface area contributed by atoms with Crippen molar-refractivity contribution in [3.05, 3.63) is 23.4 Å². The Labute approximate surface area is 125 Å². The number of hydrogen-bond acceptors (Lipinski definition) is 4. The summed E-state index contributed by atoms with van der Waals surface area (Å²) in [6, 6.07) is 3.33. The fourth-order valence-electron chi connectivity index (χ4n) is 2.71. The van der Waals surface area contributed by atoms with Crippen LogP contribution in [0, 0.1) is 5.92 Å². The molecule has 0 aromatic carbocycles. The predicted molar refractivity (Wildman–Crippen MR) is 82.0 cm³/mol. The fourth-order valence-corrected chi connectivity index (χ4v) is 2.71. The lowest BCUT2D eigenvalue weighted by Crippen LogP contribution is -2.31. The molecule has 2 rings (SSSR count). The van der Waals surface area contributed by atoms with Gasteiger partial charge in [-0.2, -0.15) is 0 Å². The van der Waals surface area contributed by atoms with Crippen molar-refractivity contribution < 1.29 is 14.6 Å². The van der Waals surface area contributed by atoms with Crippen molar-refractivity contribution in [2.24, 2.45) is 5.92 Å². The average Bonchev–Trinajstić information content (AvgIpc) is 2.48. The number of carboxylic acids is 1. The van der Waals surface area contributed by atoms with Crippen LogP contribution in [0.2, 0.25) is 0 Å². The van der Waals surface area contributed by atoms with Gasteiger partial charge in [-0.05, 0) is 37.3 Å². The summed E-state index contributed by atoms with van der Waals surface area (Å²) in [6.07, 6.45) is 4.01. The number of aryl methyl sites for hydroxylation is 1. The third-order valence-corrected chi connectivity index (χ3v) is 3.80. The number of pyridine rings is 1. The minimum atomic E-state index is -0.898. The van der Waals surface area contributed by atoms with Crippen LogP contribution in [-0.4, -0.2) is 42.9 Å². The molecule has 21 heavy (non-hydrogen) atoms. The second-order valence-corrected chi connectivity index (χ2v) is 5.72. The van der Waals surface area contributed by atoms with Gasteiger partial charge in [0.05, 0.1) is 12.2 Å². The van der Waals surface area contributed by atoms with Crippen LogP contribution in [0.3, 0.4) is 0 Å². The first-order valence-corrected chi connectivity index (χ1v) is 7.63. The summed E-state index contributed by atoms with van der Waals surface area (Å²) >= 11 is 0. The Bertz CT molecular complexity index is 484. The summed E-state index contributed by atoms with van der Waals surface area (Å²) in [6.45, 7) is 4.55. The topological polar surface area (TPSA) is 62.7 Å². The minimum Gasteiger partial charge on any atom is -0.478 e. The molecule has 116 valence electrons. The van der Waals surface area contributed by atoms with E-state index in [1.165, 1.54) is 0 Å². The van der Waals surface area contributed by atoms with Gasteiger partial charge < -0.3 is 14.7 Å². The Morgan fingerprint density at radius 2 is 2.33 bits per heavy atom. The van der Waals surface area contributed by atoms with Gasteiger partial charge in [0.1, 0.15) is 5.82 Å². The van der Waals surface area contributed by atoms with E-state index in [-0.39, 0.29) is 0 Å². The van der Waals surface area contributed by atoms with Crippen LogP contribution in [0.15, 0.2) is 12.1 Å². The number of ether oxygens (including phenoxy) is 1. The van der Waals surface area contributed by atoms with Gasteiger partial charge in [-0.15, -0.1) is 0 Å². The van der Waals surface area contributed by atoms with E-state index in [1.807, 2.05) is 11.9 Å². The molecule has 1 aromatic heterocycles. The third kappa shape index (κ3) is 4.43. The molecule has 1 unspecified atom stereocenters. The van der Waals surface area contributed by atoms with E-state index in [9.17, 15) is 9.90 Å². The highest BCUT2D eigenvalue weighted by Crippen LogP contribution is 2.20. The molecule has 1 aromatic rings. The number of aromatic carboxylic acids is 1. The zero-order valence-corrected chi connectivity index (χ0v) is 12.8. The minimum absolute atomic E-state index is 0.315. The van der Waals surface area contributed by atoms with Gasteiger partial charge in [0.2, 0.25) is 0 Å². The molecule has 0 aliphatic carbocycles. The van der Waals surface area contributed by atoms with E-state index < -0.39 is 5.97 Å². The molecule has 1 aliphatic rings. The SMILES string of the molecule is CCCc1cc(C(=O)O)cc(N(C)CC2CCCOC2)n1. The number of carboxylic acid groups (broad SMARTS) is 1. The Morgan fingerprint density at radius 1 is 1.52 bits per heavy atom. The molecule has 0 amide bonds. The summed E-state index contributed by atoms with van der Waals surface area (Å²) in [5.74, 6) is 0.336. The molecule has 1 aliphatic heterocycles. The number of carbonyl (C=O) groups is 1. The van der Waals surface area contributed by atoms with Gasteiger partial charge in [0.25, 0.3) is 0 Å². The Morgan fingerprint density at radius 3 is 2.95 bits per heavy atom. The highest BCUT2D eigenvalue weighted by atomic mass is 16.5. The Balaban J connectivity index is 2.13. The largest absolute Gasteiger partial charge is 0.478 e. The Kier molecular flexibility index (Phi) is 5.56. The van der Waals surface area contributed by atoms with Crippen LogP contribution in [0.4, 0.5) is 5.82 Å². The van der Waals surface area contributed by atoms with Gasteiger partial charge in [0, 0.05) is 25.9 Å². The van der Waals surface area contributed by atoms with Crippen LogP contribution in [0.5, 0.6) is 0 Å². The van der Waals surface area contributed by atoms with Crippen molar-refractivity contribution >= 4 is 11.8 Å². The predicted octanol–water partition coefficient (Wildman–Crippen LogP) is 2.60. The molecule has 1 saturated heterocycles. The number of nitrogens with zero attached hydrogens (tertiary/aromatic N) is 2. The van der Waals surface area contributed by atoms with Crippen molar-refractivity contribution in [1.29, 1.82) is 0 Å². The lowest BCUT2D eigenvalue weighted by Gasteiger charge is -2.28. The van der Waals surface area contributed by atoms with E-state index in [0.717, 1.165) is 57.0 Å². The van der Waals surface area contributed by atoms with Crippen LogP contribution in [0.1, 0.15) is 42.2 Å². The second kappa shape index (κ2) is 7.41. The zero-order valence-electron chi connectivity index (χ0n) is 12.8. The molecule has 5 heteroatoms. The fraction of sp³-hybridized carbons (Fsp3) is 0.625. The van der Waals surface area contributed by atoms with Crippen molar-refractivity contribution in [2.75, 3.05) is 31.7 Å². The van der Waals surface area contributed by atoms with Crippen molar-refractivity contribution in [1.82, 2.24) is 4.98 Å². The average molecular weight is 292 g/mol. The molecule has 0 saturated carbocycles. The highest BCUT2D eigenvalue weighted by Gasteiger charge is 2.18. The zero-order chi connectivity index (χ0) is 15.2. The smallest absolute Gasteiger partial charge is 0.335 e. The summed E-state index contributed by atoms with van der Waals surface area (Å²) in [4.78, 5) is 17.9. The highest BCUT2D eigenvalue weighted by molar-refractivity contribution is 5.88. The molecule has 1 fully saturated rings. The van der Waals surface area contributed by atoms with Crippen LogP contribution in [0.25, 0.3) is 0 Å². The summed E-state index contributed by atoms with van der Waals surface area (Å²) in [5, 5.41) is 9.24. The first kappa shape index (κ1) is 15.8. The van der Waals surface area contributed by atoms with E-state index in [1.54, 1.807) is 12.1 Å². The maximum absolute atomic E-state index is 11.3. The monoisotopic (exact) mass is 292 g/mol. The van der Waals surface area contributed by atoms with Crippen LogP contribution in [-0.2, 0) is 11.2 Å². The van der Waals surface area contributed by atoms with Gasteiger partial charge in [0.15, 0.2) is 0 Å². The van der Waals surface area contributed by atoms with Crippen molar-refractivity contribution in [2.45, 2.75) is 32.6 Å². The summed E-state index contributed by atoms with van der Waals surface area (Å²) < 4.78 is 5.50. The molecule has 1 atom stereocenters. The van der Waals surface area contributed by atoms with Gasteiger partial charge >= 0.3 is 5.97 Å². The van der Waals surface area contributed by atoms with Crippen molar-refractivity contribution in [3.8, 4) is 0 Å². The van der Waals surface area contributed by atoms with E-state index in [0.29, 0.717) is 11.5 Å². The lowest BCUT2D eigenvalue weighted by atomic mass is 10.0. The molecule has 1 N–H and O–H groups in total. The van der Waals surface area contributed by atoms with E-state index in [4.69, 9.17) is 4.74 Å². The molecule has 0 bridgehead atoms. The summed E-state index contributed by atoms with van der Waals surface area (Å²) in [7, 11) is 1.97. The Hall–Kier alpha value is -1.62. The molecular weight excluding hydrogens is 268 g/mol. The van der Waals surface area contributed by atoms with Crippen LogP contribution < -0.4 is 4.90 Å². The van der Waals surface area contributed by atoms with Gasteiger partial charge in [-0.3, -0.25) is 0 Å². The number of aromatic nitrogens is 1. The lowest BCUT2D eigenvalue weighted by molar-refractivity contribution is 0.0576. The van der Waals surface area contributed by atoms with Crippen LogP contribution >= 0.6 is 0 Å². The number of rotatable bonds is 6. The van der Waals surface area contributed by atoms with E-state index >= 15 is 0 Å². The quantitative estimate of drug-likeness (QED) is 0.873. The normalized spacial score (nSPS) is 18.5. The van der Waals surface area contributed by atoms with E-state index in [2.05, 4.69) is 11.9 Å². The third-order valence-electron chi connectivity index (χ3n) is 3.80. The first-order valence-electron chi connectivity index (χ1n) is 7.63. The molecule has 0 radical (unpaired) electrons. The standard InChI is InChI=1S/C16H24N2O3/c1-3-5-14-8-13(16(19)20)9-15(17-14)18(2)10-12-6-4-7-21-11-12/h8-9,12H,3-7,10-11H2,1-2H3,(H,19,20). The van der Waals surface area contributed by atoms with Gasteiger partial charge in [-0.25, -0.2) is 9.78 Å². The molecule has 0 spiro atoms. The second-order valence-electron chi connectivity index (χ2n) is 5.72.